The number of piperidine rings is 1. The van der Waals surface area contributed by atoms with Crippen LogP contribution in [0.5, 0.6) is 0 Å². The van der Waals surface area contributed by atoms with Gasteiger partial charge in [0.1, 0.15) is 6.29 Å². The van der Waals surface area contributed by atoms with Gasteiger partial charge in [0.2, 0.25) is 5.91 Å². The zero-order chi connectivity index (χ0) is 13.7. The zero-order valence-electron chi connectivity index (χ0n) is 11.1. The van der Waals surface area contributed by atoms with Crippen molar-refractivity contribution in [1.29, 1.82) is 0 Å². The van der Waals surface area contributed by atoms with E-state index >= 15 is 0 Å². The highest BCUT2D eigenvalue weighted by Crippen LogP contribution is 2.41. The van der Waals surface area contributed by atoms with Crippen molar-refractivity contribution in [3.05, 3.63) is 35.5 Å². The van der Waals surface area contributed by atoms with Gasteiger partial charge in [0.25, 0.3) is 0 Å². The van der Waals surface area contributed by atoms with Crippen LogP contribution in [0.2, 0.25) is 0 Å². The van der Waals surface area contributed by atoms with E-state index in [0.717, 1.165) is 30.3 Å². The number of rotatable bonds is 1. The van der Waals surface area contributed by atoms with Gasteiger partial charge in [-0.1, -0.05) is 18.2 Å². The summed E-state index contributed by atoms with van der Waals surface area (Å²) in [6.07, 6.45) is 3.97. The summed E-state index contributed by atoms with van der Waals surface area (Å²) >= 11 is 0. The van der Waals surface area contributed by atoms with Gasteiger partial charge in [-0.15, -0.1) is 0 Å². The zero-order valence-corrected chi connectivity index (χ0v) is 11.1. The van der Waals surface area contributed by atoms with Crippen molar-refractivity contribution in [3.8, 4) is 0 Å². The Morgan fingerprint density at radius 1 is 1.30 bits per heavy atom. The number of aromatic amines is 1. The molecule has 20 heavy (non-hydrogen) atoms. The predicted molar refractivity (Wildman–Crippen MR) is 75.3 cm³/mol. The van der Waals surface area contributed by atoms with E-state index in [0.29, 0.717) is 12.8 Å². The van der Waals surface area contributed by atoms with Gasteiger partial charge in [0.05, 0.1) is 12.1 Å². The van der Waals surface area contributed by atoms with Gasteiger partial charge < -0.3 is 14.7 Å². The minimum atomic E-state index is -0.306. The number of hydrogen-bond donors (Lipinski definition) is 1. The Morgan fingerprint density at radius 3 is 3.00 bits per heavy atom. The summed E-state index contributed by atoms with van der Waals surface area (Å²) in [6.45, 7) is 0. The number of benzene rings is 1. The number of carbonyl (C=O) groups is 2. The van der Waals surface area contributed by atoms with Crippen LogP contribution in [-0.4, -0.2) is 28.1 Å². The second kappa shape index (κ2) is 4.20. The van der Waals surface area contributed by atoms with E-state index in [4.69, 9.17) is 0 Å². The third-order valence-electron chi connectivity index (χ3n) is 4.60. The maximum atomic E-state index is 12.2. The van der Waals surface area contributed by atoms with Gasteiger partial charge in [0.15, 0.2) is 0 Å². The number of nitrogens with one attached hydrogen (secondary N) is 1. The van der Waals surface area contributed by atoms with Crippen LogP contribution < -0.4 is 0 Å². The highest BCUT2D eigenvalue weighted by atomic mass is 16.2. The molecule has 2 aliphatic rings. The molecule has 1 fully saturated rings. The van der Waals surface area contributed by atoms with Crippen molar-refractivity contribution in [2.45, 2.75) is 37.8 Å². The number of hydrogen-bond acceptors (Lipinski definition) is 2. The first-order valence-corrected chi connectivity index (χ1v) is 7.15. The molecule has 4 heteroatoms. The van der Waals surface area contributed by atoms with E-state index in [2.05, 4.69) is 17.1 Å². The normalized spacial score (nSPS) is 25.4. The number of H-pyrrole nitrogens is 1. The van der Waals surface area contributed by atoms with Gasteiger partial charge in [-0.25, -0.2) is 0 Å². The summed E-state index contributed by atoms with van der Waals surface area (Å²) in [4.78, 5) is 28.9. The van der Waals surface area contributed by atoms with Crippen LogP contribution >= 0.6 is 0 Å². The Hall–Kier alpha value is -2.10. The van der Waals surface area contributed by atoms with Crippen LogP contribution in [0.15, 0.2) is 24.3 Å². The first kappa shape index (κ1) is 11.7. The Balaban J connectivity index is 1.93. The molecule has 0 radical (unpaired) electrons. The number of para-hydroxylation sites is 1. The maximum absolute atomic E-state index is 12.2. The molecule has 4 nitrogen and oxygen atoms in total. The topological polar surface area (TPSA) is 53.2 Å². The molecule has 102 valence electrons. The van der Waals surface area contributed by atoms with Crippen LogP contribution in [0, 0.1) is 0 Å². The number of aromatic nitrogens is 1. The van der Waals surface area contributed by atoms with E-state index in [1.54, 1.807) is 4.90 Å². The summed E-state index contributed by atoms with van der Waals surface area (Å²) in [7, 11) is 0. The minimum absolute atomic E-state index is 0.0441. The lowest BCUT2D eigenvalue weighted by molar-refractivity contribution is -0.143. The molecule has 0 unspecified atom stereocenters. The second-order valence-corrected chi connectivity index (χ2v) is 5.68. The van der Waals surface area contributed by atoms with E-state index in [1.165, 1.54) is 10.9 Å². The van der Waals surface area contributed by atoms with Gasteiger partial charge in [0, 0.05) is 29.4 Å². The van der Waals surface area contributed by atoms with E-state index in [-0.39, 0.29) is 18.0 Å². The van der Waals surface area contributed by atoms with Crippen molar-refractivity contribution >= 4 is 23.1 Å². The molecule has 2 atom stereocenters. The molecule has 3 heterocycles. The molecule has 1 saturated heterocycles. The average Bonchev–Trinajstić information content (AvgIpc) is 2.85. The molecular weight excluding hydrogens is 252 g/mol. The fourth-order valence-electron chi connectivity index (χ4n) is 3.73. The van der Waals surface area contributed by atoms with Gasteiger partial charge in [-0.3, -0.25) is 4.79 Å². The number of aldehydes is 1. The fourth-order valence-corrected chi connectivity index (χ4v) is 3.73. The van der Waals surface area contributed by atoms with Crippen LogP contribution in [0.25, 0.3) is 10.9 Å². The van der Waals surface area contributed by atoms with E-state index in [9.17, 15) is 9.59 Å². The fraction of sp³-hybridized carbons (Fsp3) is 0.375. The molecule has 1 aromatic heterocycles. The largest absolute Gasteiger partial charge is 0.356 e. The number of nitrogens with zero attached hydrogens (tertiary/aromatic N) is 1. The van der Waals surface area contributed by atoms with Gasteiger partial charge in [-0.05, 0) is 24.5 Å². The SMILES string of the molecule is O=C[C@H]1Cc2c([nH]c3ccccc23)[C@@H]2CCCC(=O)N12. The summed E-state index contributed by atoms with van der Waals surface area (Å²) in [6, 6.07) is 7.91. The van der Waals surface area contributed by atoms with Crippen molar-refractivity contribution in [2.75, 3.05) is 0 Å². The molecule has 0 bridgehead atoms. The lowest BCUT2D eigenvalue weighted by Crippen LogP contribution is -2.50. The standard InChI is InChI=1S/C16H16N2O2/c19-9-10-8-12-11-4-1-2-5-13(11)17-16(12)14-6-3-7-15(20)18(10)14/h1-2,4-5,9-10,14,17H,3,6-8H2/t10-,14+/m1/s1. The van der Waals surface area contributed by atoms with Crippen LogP contribution in [-0.2, 0) is 16.0 Å². The summed E-state index contributed by atoms with van der Waals surface area (Å²) in [5, 5.41) is 1.19. The molecule has 1 amide bonds. The van der Waals surface area contributed by atoms with Crippen molar-refractivity contribution in [3.63, 3.8) is 0 Å². The molecule has 0 saturated carbocycles. The van der Waals surface area contributed by atoms with Crippen molar-refractivity contribution in [2.24, 2.45) is 0 Å². The number of fused-ring (bicyclic) bond motifs is 5. The maximum Gasteiger partial charge on any atom is 0.223 e. The first-order valence-electron chi connectivity index (χ1n) is 7.15. The molecule has 1 N–H and O–H groups in total. The third-order valence-corrected chi connectivity index (χ3v) is 4.60. The van der Waals surface area contributed by atoms with Crippen molar-refractivity contribution in [1.82, 2.24) is 9.88 Å². The quantitative estimate of drug-likeness (QED) is 0.807. The lowest BCUT2D eigenvalue weighted by Gasteiger charge is -2.42. The predicted octanol–water partition coefficient (Wildman–Crippen LogP) is 2.35. The van der Waals surface area contributed by atoms with E-state index < -0.39 is 0 Å². The second-order valence-electron chi connectivity index (χ2n) is 5.68. The Labute approximate surface area is 116 Å². The van der Waals surface area contributed by atoms with Gasteiger partial charge in [-0.2, -0.15) is 0 Å². The number of amides is 1. The minimum Gasteiger partial charge on any atom is -0.356 e. The van der Waals surface area contributed by atoms with Crippen LogP contribution in [0.4, 0.5) is 0 Å². The monoisotopic (exact) mass is 268 g/mol. The summed E-state index contributed by atoms with van der Waals surface area (Å²) < 4.78 is 0. The van der Waals surface area contributed by atoms with Gasteiger partial charge >= 0.3 is 0 Å². The Kier molecular flexibility index (Phi) is 2.46. The molecule has 0 aliphatic carbocycles. The molecule has 2 aromatic rings. The van der Waals surface area contributed by atoms with E-state index in [1.807, 2.05) is 12.1 Å². The van der Waals surface area contributed by atoms with Crippen LogP contribution in [0.3, 0.4) is 0 Å². The van der Waals surface area contributed by atoms with Crippen LogP contribution in [0.1, 0.15) is 36.6 Å². The average molecular weight is 268 g/mol. The smallest absolute Gasteiger partial charge is 0.223 e. The number of carbonyl (C=O) groups excluding carboxylic acids is 2. The molecule has 2 aliphatic heterocycles. The summed E-state index contributed by atoms with van der Waals surface area (Å²) in [5.74, 6) is 0.114. The first-order chi connectivity index (χ1) is 9.79. The third kappa shape index (κ3) is 1.48. The lowest BCUT2D eigenvalue weighted by atomic mass is 9.87. The van der Waals surface area contributed by atoms with Crippen molar-refractivity contribution < 1.29 is 9.59 Å². The Morgan fingerprint density at radius 2 is 2.15 bits per heavy atom. The Bertz CT molecular complexity index is 704. The molecule has 4 rings (SSSR count). The highest BCUT2D eigenvalue weighted by molar-refractivity contribution is 5.88. The molecule has 0 spiro atoms. The molecule has 1 aromatic carbocycles. The molecular formula is C16H16N2O2. The highest BCUT2D eigenvalue weighted by Gasteiger charge is 2.40. The summed E-state index contributed by atoms with van der Waals surface area (Å²) in [5.41, 5.74) is 3.45.